The van der Waals surface area contributed by atoms with Crippen LogP contribution >= 0.6 is 34.8 Å². The molecule has 0 spiro atoms. The zero-order valence-corrected chi connectivity index (χ0v) is 11.3. The first-order valence-corrected chi connectivity index (χ1v) is 5.90. The largest absolute Gasteiger partial charge is 0.430 e. The molecule has 2 aromatic rings. The third kappa shape index (κ3) is 3.23. The van der Waals surface area contributed by atoms with E-state index in [1.165, 1.54) is 18.3 Å². The monoisotopic (exact) mass is 319 g/mol. The molecule has 98 valence electrons. The fraction of sp³-hybridized carbons (Fsp3) is 0. The molecule has 19 heavy (non-hydrogen) atoms. The number of hydrogen-bond acceptors (Lipinski definition) is 5. The van der Waals surface area contributed by atoms with E-state index in [4.69, 9.17) is 39.5 Å². The Morgan fingerprint density at radius 2 is 2.00 bits per heavy atom. The van der Waals surface area contributed by atoms with E-state index in [-0.39, 0.29) is 32.6 Å². The van der Waals surface area contributed by atoms with Crippen LogP contribution in [0.3, 0.4) is 0 Å². The van der Waals surface area contributed by atoms with Crippen molar-refractivity contribution in [1.29, 1.82) is 0 Å². The molecule has 0 N–H and O–H groups in total. The second-order valence-electron chi connectivity index (χ2n) is 3.26. The number of aromatic nitrogens is 2. The highest BCUT2D eigenvalue weighted by Gasteiger charge is 2.18. The summed E-state index contributed by atoms with van der Waals surface area (Å²) in [6.45, 7) is 0. The zero-order valence-electron chi connectivity index (χ0n) is 9.01. The molecule has 0 aliphatic carbocycles. The van der Waals surface area contributed by atoms with Crippen molar-refractivity contribution in [1.82, 2.24) is 9.97 Å². The molecule has 0 saturated heterocycles. The van der Waals surface area contributed by atoms with Crippen LogP contribution in [-0.4, -0.2) is 14.9 Å². The van der Waals surface area contributed by atoms with E-state index in [0.29, 0.717) is 0 Å². The highest BCUT2D eigenvalue weighted by atomic mass is 35.5. The fourth-order valence-corrected chi connectivity index (χ4v) is 1.65. The highest BCUT2D eigenvalue weighted by Crippen LogP contribution is 2.35. The number of hydrogen-bond donors (Lipinski definition) is 0. The molecule has 0 radical (unpaired) electrons. The first kappa shape index (κ1) is 13.8. The van der Waals surface area contributed by atoms with Crippen molar-refractivity contribution in [3.8, 4) is 11.6 Å². The van der Waals surface area contributed by atoms with Gasteiger partial charge in [0.05, 0.1) is 11.1 Å². The summed E-state index contributed by atoms with van der Waals surface area (Å²) in [5.74, 6) is -0.127. The van der Waals surface area contributed by atoms with Gasteiger partial charge in [-0.1, -0.05) is 23.2 Å². The molecule has 0 fully saturated rings. The van der Waals surface area contributed by atoms with Crippen LogP contribution in [0.15, 0.2) is 24.4 Å². The Hall–Kier alpha value is -1.63. The predicted molar refractivity (Wildman–Crippen MR) is 70.2 cm³/mol. The van der Waals surface area contributed by atoms with Gasteiger partial charge in [-0.05, 0) is 23.7 Å². The van der Waals surface area contributed by atoms with Crippen LogP contribution in [0.25, 0.3) is 0 Å². The third-order valence-corrected chi connectivity index (χ3v) is 2.68. The second-order valence-corrected chi connectivity index (χ2v) is 4.45. The Bertz CT molecular complexity index is 651. The summed E-state index contributed by atoms with van der Waals surface area (Å²) in [7, 11) is 0. The number of halogens is 3. The molecule has 6 nitrogen and oxygen atoms in total. The number of ether oxygens (including phenoxy) is 1. The van der Waals surface area contributed by atoms with Crippen LogP contribution in [0.4, 0.5) is 5.69 Å². The summed E-state index contributed by atoms with van der Waals surface area (Å²) in [4.78, 5) is 17.6. The minimum Gasteiger partial charge on any atom is -0.430 e. The molecular weight excluding hydrogens is 316 g/mol. The van der Waals surface area contributed by atoms with Crippen molar-refractivity contribution >= 4 is 40.5 Å². The molecule has 1 aromatic carbocycles. The van der Waals surface area contributed by atoms with Gasteiger partial charge < -0.3 is 4.74 Å². The fourth-order valence-electron chi connectivity index (χ4n) is 1.23. The molecule has 0 aliphatic rings. The molecule has 0 atom stereocenters. The van der Waals surface area contributed by atoms with Gasteiger partial charge in [-0.2, -0.15) is 4.98 Å². The topological polar surface area (TPSA) is 78.2 Å². The van der Waals surface area contributed by atoms with Crippen molar-refractivity contribution in [2.75, 3.05) is 0 Å². The minimum absolute atomic E-state index is 0.0499. The summed E-state index contributed by atoms with van der Waals surface area (Å²) in [5, 5.41) is 11.1. The van der Waals surface area contributed by atoms with E-state index in [1.807, 2.05) is 0 Å². The molecule has 0 unspecified atom stereocenters. The van der Waals surface area contributed by atoms with Crippen LogP contribution in [0.5, 0.6) is 11.6 Å². The van der Waals surface area contributed by atoms with Gasteiger partial charge in [0.2, 0.25) is 16.9 Å². The van der Waals surface area contributed by atoms with Gasteiger partial charge in [0, 0.05) is 11.1 Å². The second kappa shape index (κ2) is 5.56. The summed E-state index contributed by atoms with van der Waals surface area (Å²) >= 11 is 17.1. The van der Waals surface area contributed by atoms with Crippen molar-refractivity contribution < 1.29 is 9.66 Å². The molecule has 0 amide bonds. The van der Waals surface area contributed by atoms with Gasteiger partial charge in [-0.15, -0.1) is 0 Å². The van der Waals surface area contributed by atoms with E-state index in [0.717, 1.165) is 6.07 Å². The first-order chi connectivity index (χ1) is 8.97. The highest BCUT2D eigenvalue weighted by molar-refractivity contribution is 6.32. The standard InChI is InChI=1S/C10H4Cl3N3O3/c11-5-1-2-8(7(3-5)16(17)18)19-9-6(12)4-14-10(13)15-9/h1-4H. The van der Waals surface area contributed by atoms with Gasteiger partial charge in [0.15, 0.2) is 0 Å². The molecule has 1 heterocycles. The molecule has 0 saturated carbocycles. The van der Waals surface area contributed by atoms with E-state index < -0.39 is 4.92 Å². The SMILES string of the molecule is O=[N+]([O-])c1cc(Cl)ccc1Oc1nc(Cl)ncc1Cl. The minimum atomic E-state index is -0.627. The van der Waals surface area contributed by atoms with Gasteiger partial charge >= 0.3 is 5.69 Å². The maximum absolute atomic E-state index is 10.9. The lowest BCUT2D eigenvalue weighted by Gasteiger charge is -2.06. The van der Waals surface area contributed by atoms with Crippen molar-refractivity contribution in [2.45, 2.75) is 0 Å². The summed E-state index contributed by atoms with van der Waals surface area (Å²) in [6.07, 6.45) is 1.23. The van der Waals surface area contributed by atoms with Crippen LogP contribution in [0.2, 0.25) is 15.3 Å². The van der Waals surface area contributed by atoms with Gasteiger partial charge in [-0.25, -0.2) is 4.98 Å². The lowest BCUT2D eigenvalue weighted by atomic mass is 10.3. The normalized spacial score (nSPS) is 10.3. The Labute approximate surface area is 122 Å². The lowest BCUT2D eigenvalue weighted by Crippen LogP contribution is -1.96. The van der Waals surface area contributed by atoms with E-state index in [1.54, 1.807) is 0 Å². The van der Waals surface area contributed by atoms with Crippen molar-refractivity contribution in [3.63, 3.8) is 0 Å². The van der Waals surface area contributed by atoms with E-state index in [9.17, 15) is 10.1 Å². The summed E-state index contributed by atoms with van der Waals surface area (Å²) < 4.78 is 5.27. The Morgan fingerprint density at radius 1 is 1.26 bits per heavy atom. The summed E-state index contributed by atoms with van der Waals surface area (Å²) in [6, 6.07) is 3.95. The predicted octanol–water partition coefficient (Wildman–Crippen LogP) is 4.14. The zero-order chi connectivity index (χ0) is 14.0. The molecule has 9 heteroatoms. The lowest BCUT2D eigenvalue weighted by molar-refractivity contribution is -0.385. The number of benzene rings is 1. The maximum atomic E-state index is 10.9. The van der Waals surface area contributed by atoms with Crippen LogP contribution < -0.4 is 4.74 Å². The molecule has 0 bridgehead atoms. The molecule has 2 rings (SSSR count). The van der Waals surface area contributed by atoms with E-state index in [2.05, 4.69) is 9.97 Å². The number of rotatable bonds is 3. The molecule has 1 aromatic heterocycles. The van der Waals surface area contributed by atoms with Crippen LogP contribution in [-0.2, 0) is 0 Å². The van der Waals surface area contributed by atoms with Crippen molar-refractivity contribution in [3.05, 3.63) is 49.8 Å². The smallest absolute Gasteiger partial charge is 0.313 e. The van der Waals surface area contributed by atoms with Gasteiger partial charge in [-0.3, -0.25) is 10.1 Å². The Balaban J connectivity index is 2.43. The van der Waals surface area contributed by atoms with Gasteiger partial charge in [0.25, 0.3) is 0 Å². The Morgan fingerprint density at radius 3 is 2.68 bits per heavy atom. The maximum Gasteiger partial charge on any atom is 0.313 e. The quantitative estimate of drug-likeness (QED) is 0.482. The number of nitro benzene ring substituents is 1. The van der Waals surface area contributed by atoms with Crippen LogP contribution in [0.1, 0.15) is 0 Å². The first-order valence-electron chi connectivity index (χ1n) is 4.77. The molecule has 0 aliphatic heterocycles. The van der Waals surface area contributed by atoms with Gasteiger partial charge in [0.1, 0.15) is 5.02 Å². The average molecular weight is 321 g/mol. The summed E-state index contributed by atoms with van der Waals surface area (Å²) in [5.41, 5.74) is -0.307. The third-order valence-electron chi connectivity index (χ3n) is 2.01. The van der Waals surface area contributed by atoms with E-state index >= 15 is 0 Å². The number of nitro groups is 1. The Kier molecular flexibility index (Phi) is 4.04. The van der Waals surface area contributed by atoms with Crippen LogP contribution in [0, 0.1) is 10.1 Å². The van der Waals surface area contributed by atoms with Crippen molar-refractivity contribution in [2.24, 2.45) is 0 Å². The molecular formula is C10H4Cl3N3O3. The average Bonchev–Trinajstić information content (AvgIpc) is 2.35. The number of nitrogens with zero attached hydrogens (tertiary/aromatic N) is 3.